The van der Waals surface area contributed by atoms with Crippen LogP contribution in [0.4, 0.5) is 5.69 Å². The van der Waals surface area contributed by atoms with Gasteiger partial charge in [0.05, 0.1) is 0 Å². The molecule has 0 spiro atoms. The molecule has 0 amide bonds. The molecule has 1 unspecified atom stereocenters. The van der Waals surface area contributed by atoms with Crippen LogP contribution in [0.25, 0.3) is 26.2 Å². The molecule has 0 N–H and O–H groups in total. The van der Waals surface area contributed by atoms with E-state index in [0.717, 1.165) is 35.5 Å². The Morgan fingerprint density at radius 2 is 1.43 bits per heavy atom. The first-order chi connectivity index (χ1) is 17.3. The third-order valence-electron chi connectivity index (χ3n) is 7.51. The van der Waals surface area contributed by atoms with Crippen LogP contribution in [0.2, 0.25) is 0 Å². The number of fused-ring (bicyclic) bond motifs is 5. The molecule has 3 heteroatoms. The van der Waals surface area contributed by atoms with E-state index in [1.807, 2.05) is 11.3 Å². The Hall–Kier alpha value is -3.56. The second-order valence-electron chi connectivity index (χ2n) is 9.59. The van der Waals surface area contributed by atoms with E-state index in [4.69, 9.17) is 4.74 Å². The van der Waals surface area contributed by atoms with Crippen molar-refractivity contribution in [1.82, 2.24) is 0 Å². The van der Waals surface area contributed by atoms with Gasteiger partial charge in [-0.2, -0.15) is 0 Å². The number of nitrogens with zero attached hydrogens (tertiary/aromatic N) is 1. The van der Waals surface area contributed by atoms with Crippen molar-refractivity contribution in [2.75, 3.05) is 18.0 Å². The largest absolute Gasteiger partial charge is 0.472 e. The number of anilines is 1. The predicted molar refractivity (Wildman–Crippen MR) is 149 cm³/mol. The zero-order valence-electron chi connectivity index (χ0n) is 19.6. The molecule has 1 atom stereocenters. The van der Waals surface area contributed by atoms with Crippen LogP contribution in [0.1, 0.15) is 36.0 Å². The lowest BCUT2D eigenvalue weighted by atomic mass is 9.83. The summed E-state index contributed by atoms with van der Waals surface area (Å²) in [6.45, 7) is 2.30. The Labute approximate surface area is 210 Å². The number of piperidine rings is 1. The van der Waals surface area contributed by atoms with Crippen LogP contribution >= 0.6 is 11.3 Å². The summed E-state index contributed by atoms with van der Waals surface area (Å²) in [7, 11) is 0. The number of benzene rings is 4. The molecule has 2 nitrogen and oxygen atoms in total. The van der Waals surface area contributed by atoms with Gasteiger partial charge in [-0.25, -0.2) is 0 Å². The predicted octanol–water partition coefficient (Wildman–Crippen LogP) is 8.39. The van der Waals surface area contributed by atoms with Crippen LogP contribution in [0, 0.1) is 0 Å². The molecule has 35 heavy (non-hydrogen) atoms. The Bertz CT molecular complexity index is 1540. The van der Waals surface area contributed by atoms with Gasteiger partial charge in [0.25, 0.3) is 0 Å². The molecule has 0 saturated carbocycles. The molecule has 172 valence electrons. The maximum Gasteiger partial charge on any atom is 0.178 e. The quantitative estimate of drug-likeness (QED) is 0.261. The van der Waals surface area contributed by atoms with Crippen molar-refractivity contribution in [3.63, 3.8) is 0 Å². The highest BCUT2D eigenvalue weighted by Gasteiger charge is 2.38. The summed E-state index contributed by atoms with van der Waals surface area (Å²) in [6, 6.07) is 32.8. The van der Waals surface area contributed by atoms with Crippen molar-refractivity contribution in [2.24, 2.45) is 0 Å². The molecule has 0 aliphatic carbocycles. The lowest BCUT2D eigenvalue weighted by molar-refractivity contribution is 0.164. The maximum absolute atomic E-state index is 7.16. The van der Waals surface area contributed by atoms with Crippen molar-refractivity contribution in [3.05, 3.63) is 114 Å². The molecule has 1 saturated heterocycles. The summed E-state index contributed by atoms with van der Waals surface area (Å²) in [5.74, 6) is 0.978. The molecule has 0 bridgehead atoms. The van der Waals surface area contributed by atoms with E-state index in [-0.39, 0.29) is 0 Å². The van der Waals surface area contributed by atoms with Crippen LogP contribution in [0.15, 0.2) is 97.1 Å². The number of rotatable bonds is 3. The highest BCUT2D eigenvalue weighted by Crippen LogP contribution is 2.48. The van der Waals surface area contributed by atoms with Crippen LogP contribution in [0.5, 0.6) is 5.75 Å². The van der Waals surface area contributed by atoms with Gasteiger partial charge in [0.2, 0.25) is 0 Å². The molecule has 4 aromatic carbocycles. The first kappa shape index (κ1) is 20.8. The van der Waals surface area contributed by atoms with Gasteiger partial charge in [0.1, 0.15) is 5.75 Å². The van der Waals surface area contributed by atoms with Crippen molar-refractivity contribution >= 4 is 43.3 Å². The van der Waals surface area contributed by atoms with Crippen LogP contribution in [-0.2, 0) is 5.60 Å². The summed E-state index contributed by atoms with van der Waals surface area (Å²) < 4.78 is 9.73. The van der Waals surface area contributed by atoms with E-state index in [9.17, 15) is 0 Å². The smallest absolute Gasteiger partial charge is 0.178 e. The Kier molecular flexibility index (Phi) is 4.92. The molecule has 3 heterocycles. The SMILES string of the molecule is C1=CC(c2ccccc2)(c2ccc(N3CCCCC3)cc2)Oc2c1ccc1sc3ccccc3c21. The number of thiophene rings is 1. The van der Waals surface area contributed by atoms with Gasteiger partial charge < -0.3 is 9.64 Å². The molecule has 2 aliphatic rings. The summed E-state index contributed by atoms with van der Waals surface area (Å²) in [5, 5.41) is 2.49. The molecule has 5 aromatic rings. The minimum Gasteiger partial charge on any atom is -0.472 e. The van der Waals surface area contributed by atoms with Gasteiger partial charge in [-0.15, -0.1) is 11.3 Å². The average molecular weight is 474 g/mol. The molecular weight excluding hydrogens is 446 g/mol. The summed E-state index contributed by atoms with van der Waals surface area (Å²) in [6.07, 6.45) is 8.39. The highest BCUT2D eigenvalue weighted by molar-refractivity contribution is 7.25. The lowest BCUT2D eigenvalue weighted by Gasteiger charge is -2.37. The maximum atomic E-state index is 7.16. The van der Waals surface area contributed by atoms with Gasteiger partial charge in [-0.1, -0.05) is 66.7 Å². The Balaban J connectivity index is 1.39. The van der Waals surface area contributed by atoms with E-state index in [1.54, 1.807) is 0 Å². The van der Waals surface area contributed by atoms with Crippen molar-refractivity contribution < 1.29 is 4.74 Å². The van der Waals surface area contributed by atoms with Crippen molar-refractivity contribution in [1.29, 1.82) is 0 Å². The van der Waals surface area contributed by atoms with Gasteiger partial charge >= 0.3 is 0 Å². The third-order valence-corrected chi connectivity index (χ3v) is 8.64. The van der Waals surface area contributed by atoms with Gasteiger partial charge in [0.15, 0.2) is 5.60 Å². The van der Waals surface area contributed by atoms with Gasteiger partial charge in [0, 0.05) is 55.6 Å². The van der Waals surface area contributed by atoms with Crippen molar-refractivity contribution in [2.45, 2.75) is 24.9 Å². The van der Waals surface area contributed by atoms with Crippen LogP contribution in [-0.4, -0.2) is 13.1 Å². The van der Waals surface area contributed by atoms with E-state index in [1.165, 1.54) is 45.1 Å². The lowest BCUT2D eigenvalue weighted by Crippen LogP contribution is -2.34. The van der Waals surface area contributed by atoms with Crippen molar-refractivity contribution in [3.8, 4) is 5.75 Å². The average Bonchev–Trinajstić information content (AvgIpc) is 3.33. The second-order valence-corrected chi connectivity index (χ2v) is 10.7. The molecule has 7 rings (SSSR count). The topological polar surface area (TPSA) is 12.5 Å². The number of ether oxygens (including phenoxy) is 1. The van der Waals surface area contributed by atoms with E-state index >= 15 is 0 Å². The highest BCUT2D eigenvalue weighted by atomic mass is 32.1. The first-order valence-electron chi connectivity index (χ1n) is 12.6. The fraction of sp³-hybridized carbons (Fsp3) is 0.188. The number of hydrogen-bond donors (Lipinski definition) is 0. The van der Waals surface area contributed by atoms with Gasteiger partial charge in [-0.05, 0) is 55.7 Å². The van der Waals surface area contributed by atoms with Gasteiger partial charge in [-0.3, -0.25) is 0 Å². The standard InChI is InChI=1S/C32H27NOS/c1-3-9-24(10-4-1)32(25-14-16-26(17-15-25)33-21-7-2-8-22-33)20-19-23-13-18-29-30(31(23)34-32)27-11-5-6-12-28(27)35-29/h1,3-6,9-20H,2,7-8,21-22H2. The fourth-order valence-electron chi connectivity index (χ4n) is 5.68. The minimum absolute atomic E-state index is 0.675. The number of hydrogen-bond acceptors (Lipinski definition) is 3. The van der Waals surface area contributed by atoms with E-state index in [2.05, 4.69) is 108 Å². The Morgan fingerprint density at radius 1 is 0.686 bits per heavy atom. The zero-order valence-corrected chi connectivity index (χ0v) is 20.4. The Morgan fingerprint density at radius 3 is 2.26 bits per heavy atom. The first-order valence-corrected chi connectivity index (χ1v) is 13.4. The molecule has 1 fully saturated rings. The third kappa shape index (κ3) is 3.37. The monoisotopic (exact) mass is 473 g/mol. The summed E-state index contributed by atoms with van der Waals surface area (Å²) in [5.41, 5.74) is 4.07. The molecular formula is C32H27NOS. The van der Waals surface area contributed by atoms with Crippen LogP contribution in [0.3, 0.4) is 0 Å². The summed E-state index contributed by atoms with van der Waals surface area (Å²) >= 11 is 1.83. The van der Waals surface area contributed by atoms with E-state index in [0.29, 0.717) is 0 Å². The molecule has 1 aromatic heterocycles. The van der Waals surface area contributed by atoms with E-state index < -0.39 is 5.60 Å². The molecule has 2 aliphatic heterocycles. The fourth-order valence-corrected chi connectivity index (χ4v) is 6.78. The summed E-state index contributed by atoms with van der Waals surface area (Å²) in [4.78, 5) is 2.51. The molecule has 0 radical (unpaired) electrons. The minimum atomic E-state index is -0.675. The normalized spacial score (nSPS) is 19.6. The zero-order chi connectivity index (χ0) is 23.2. The van der Waals surface area contributed by atoms with Crippen LogP contribution < -0.4 is 9.64 Å². The second kappa shape index (κ2) is 8.28.